The lowest BCUT2D eigenvalue weighted by Gasteiger charge is -2.27. The zero-order valence-electron chi connectivity index (χ0n) is 14.3. The highest BCUT2D eigenvalue weighted by atomic mass is 16.2. The molecule has 0 saturated heterocycles. The summed E-state index contributed by atoms with van der Waals surface area (Å²) in [7, 11) is 3.67. The summed E-state index contributed by atoms with van der Waals surface area (Å²) in [4.78, 5) is 27.6. The molecule has 2 amide bonds. The smallest absolute Gasteiger partial charge is 0.239 e. The molecule has 0 unspecified atom stereocenters. The third kappa shape index (κ3) is 4.55. The van der Waals surface area contributed by atoms with Gasteiger partial charge in [0, 0.05) is 19.6 Å². The van der Waals surface area contributed by atoms with Gasteiger partial charge in [0.1, 0.15) is 0 Å². The molecule has 1 aromatic carbocycles. The number of fused-ring (bicyclic) bond motifs is 1. The molecule has 0 aliphatic heterocycles. The van der Waals surface area contributed by atoms with Gasteiger partial charge in [-0.2, -0.15) is 0 Å². The van der Waals surface area contributed by atoms with Crippen LogP contribution in [0.1, 0.15) is 36.9 Å². The quantitative estimate of drug-likeness (QED) is 0.831. The van der Waals surface area contributed by atoms with Gasteiger partial charge in [0.25, 0.3) is 0 Å². The van der Waals surface area contributed by atoms with E-state index >= 15 is 0 Å². The summed E-state index contributed by atoms with van der Waals surface area (Å²) in [5.41, 5.74) is 2.70. The Hall–Kier alpha value is -1.88. The Morgan fingerprint density at radius 1 is 1.22 bits per heavy atom. The number of likely N-dealkylation sites (N-methyl/N-ethyl adjacent to an activating group) is 2. The average Bonchev–Trinajstić information content (AvgIpc) is 2.96. The molecule has 1 aliphatic carbocycles. The SMILES string of the molecule is CCCNC(=O)CN(C)C(=O)CN(C)[C@@H]1CCc2ccccc21. The second kappa shape index (κ2) is 8.11. The Labute approximate surface area is 138 Å². The van der Waals surface area contributed by atoms with Gasteiger partial charge in [0.05, 0.1) is 13.1 Å². The average molecular weight is 317 g/mol. The number of carbonyl (C=O) groups excluding carboxylic acids is 2. The van der Waals surface area contributed by atoms with Gasteiger partial charge in [-0.05, 0) is 37.4 Å². The number of amides is 2. The summed E-state index contributed by atoms with van der Waals surface area (Å²) in [6, 6.07) is 8.72. The summed E-state index contributed by atoms with van der Waals surface area (Å²) in [5.74, 6) is -0.125. The Morgan fingerprint density at radius 3 is 2.70 bits per heavy atom. The molecule has 2 rings (SSSR count). The van der Waals surface area contributed by atoms with Gasteiger partial charge in [0.2, 0.25) is 11.8 Å². The van der Waals surface area contributed by atoms with Crippen LogP contribution < -0.4 is 5.32 Å². The van der Waals surface area contributed by atoms with Crippen molar-refractivity contribution in [3.05, 3.63) is 35.4 Å². The lowest BCUT2D eigenvalue weighted by atomic mass is 10.1. The first-order valence-electron chi connectivity index (χ1n) is 8.31. The van der Waals surface area contributed by atoms with E-state index in [0.717, 1.165) is 19.3 Å². The van der Waals surface area contributed by atoms with Gasteiger partial charge in [-0.1, -0.05) is 31.2 Å². The van der Waals surface area contributed by atoms with Crippen LogP contribution in [0.4, 0.5) is 0 Å². The molecule has 0 radical (unpaired) electrons. The third-order valence-corrected chi connectivity index (χ3v) is 4.40. The molecule has 0 bridgehead atoms. The Balaban J connectivity index is 1.86. The van der Waals surface area contributed by atoms with Crippen LogP contribution in [0, 0.1) is 0 Å². The summed E-state index contributed by atoms with van der Waals surface area (Å²) < 4.78 is 0. The zero-order valence-corrected chi connectivity index (χ0v) is 14.3. The molecule has 23 heavy (non-hydrogen) atoms. The highest BCUT2D eigenvalue weighted by molar-refractivity contribution is 5.85. The van der Waals surface area contributed by atoms with Crippen molar-refractivity contribution in [3.63, 3.8) is 0 Å². The van der Waals surface area contributed by atoms with E-state index in [0.29, 0.717) is 13.1 Å². The summed E-state index contributed by atoms with van der Waals surface area (Å²) in [6.45, 7) is 3.10. The van der Waals surface area contributed by atoms with Crippen molar-refractivity contribution in [2.75, 3.05) is 33.7 Å². The predicted molar refractivity (Wildman–Crippen MR) is 91.1 cm³/mol. The highest BCUT2D eigenvalue weighted by Crippen LogP contribution is 2.34. The van der Waals surface area contributed by atoms with Gasteiger partial charge >= 0.3 is 0 Å². The standard InChI is InChI=1S/C18H27N3O2/c1-4-11-19-17(22)12-21(3)18(23)13-20(2)16-10-9-14-7-5-6-8-15(14)16/h5-8,16H,4,9-13H2,1-3H3,(H,19,22)/t16-/m1/s1. The van der Waals surface area contributed by atoms with Gasteiger partial charge < -0.3 is 10.2 Å². The maximum absolute atomic E-state index is 12.3. The number of nitrogens with one attached hydrogen (secondary N) is 1. The fraction of sp³-hybridized carbons (Fsp3) is 0.556. The first kappa shape index (κ1) is 17.5. The molecule has 5 heteroatoms. The van der Waals surface area contributed by atoms with E-state index in [2.05, 4.69) is 34.5 Å². The van der Waals surface area contributed by atoms with E-state index in [-0.39, 0.29) is 24.4 Å². The van der Waals surface area contributed by atoms with Crippen molar-refractivity contribution in [2.45, 2.75) is 32.2 Å². The van der Waals surface area contributed by atoms with E-state index in [1.54, 1.807) is 7.05 Å². The van der Waals surface area contributed by atoms with E-state index in [1.165, 1.54) is 16.0 Å². The number of hydrogen-bond donors (Lipinski definition) is 1. The maximum Gasteiger partial charge on any atom is 0.239 e. The normalized spacial score (nSPS) is 16.3. The van der Waals surface area contributed by atoms with E-state index in [1.807, 2.05) is 14.0 Å². The van der Waals surface area contributed by atoms with Crippen LogP contribution in [0.25, 0.3) is 0 Å². The molecular formula is C18H27N3O2. The van der Waals surface area contributed by atoms with Crippen molar-refractivity contribution >= 4 is 11.8 Å². The summed E-state index contributed by atoms with van der Waals surface area (Å²) in [5, 5.41) is 2.79. The van der Waals surface area contributed by atoms with Gasteiger partial charge in [-0.3, -0.25) is 14.5 Å². The van der Waals surface area contributed by atoms with Crippen molar-refractivity contribution in [1.82, 2.24) is 15.1 Å². The van der Waals surface area contributed by atoms with Gasteiger partial charge in [-0.15, -0.1) is 0 Å². The Bertz CT molecular complexity index is 559. The molecule has 0 heterocycles. The van der Waals surface area contributed by atoms with E-state index in [9.17, 15) is 9.59 Å². The van der Waals surface area contributed by atoms with Crippen LogP contribution in [-0.2, 0) is 16.0 Å². The minimum absolute atomic E-state index is 0.0245. The number of carbonyl (C=O) groups is 2. The minimum Gasteiger partial charge on any atom is -0.355 e. The highest BCUT2D eigenvalue weighted by Gasteiger charge is 2.27. The van der Waals surface area contributed by atoms with E-state index in [4.69, 9.17) is 0 Å². The molecule has 1 aliphatic rings. The van der Waals surface area contributed by atoms with Crippen LogP contribution in [0.2, 0.25) is 0 Å². The van der Waals surface area contributed by atoms with Crippen LogP contribution in [0.15, 0.2) is 24.3 Å². The molecule has 0 fully saturated rings. The van der Waals surface area contributed by atoms with E-state index < -0.39 is 0 Å². The first-order chi connectivity index (χ1) is 11.0. The predicted octanol–water partition coefficient (Wildman–Crippen LogP) is 1.59. The van der Waals surface area contributed by atoms with Crippen LogP contribution in [0.5, 0.6) is 0 Å². The number of rotatable bonds is 7. The number of hydrogen-bond acceptors (Lipinski definition) is 3. The maximum atomic E-state index is 12.3. The lowest BCUT2D eigenvalue weighted by Crippen LogP contribution is -2.43. The lowest BCUT2D eigenvalue weighted by molar-refractivity contribution is -0.135. The van der Waals surface area contributed by atoms with Crippen molar-refractivity contribution < 1.29 is 9.59 Å². The zero-order chi connectivity index (χ0) is 16.8. The third-order valence-electron chi connectivity index (χ3n) is 4.40. The van der Waals surface area contributed by atoms with Gasteiger partial charge in [0.15, 0.2) is 0 Å². The first-order valence-corrected chi connectivity index (χ1v) is 8.31. The molecule has 1 N–H and O–H groups in total. The Morgan fingerprint density at radius 2 is 1.96 bits per heavy atom. The monoisotopic (exact) mass is 317 g/mol. The second-order valence-electron chi connectivity index (χ2n) is 6.27. The van der Waals surface area contributed by atoms with Crippen LogP contribution in [-0.4, -0.2) is 55.3 Å². The minimum atomic E-state index is -0.100. The van der Waals surface area contributed by atoms with Crippen molar-refractivity contribution in [1.29, 1.82) is 0 Å². The molecule has 0 saturated carbocycles. The van der Waals surface area contributed by atoms with Gasteiger partial charge in [-0.25, -0.2) is 0 Å². The fourth-order valence-electron chi connectivity index (χ4n) is 3.06. The molecule has 1 aromatic rings. The molecule has 1 atom stereocenters. The molecule has 126 valence electrons. The largest absolute Gasteiger partial charge is 0.355 e. The fourth-order valence-corrected chi connectivity index (χ4v) is 3.06. The summed E-state index contributed by atoms with van der Waals surface area (Å²) in [6.07, 6.45) is 3.01. The number of aryl methyl sites for hydroxylation is 1. The van der Waals surface area contributed by atoms with Crippen molar-refractivity contribution in [2.24, 2.45) is 0 Å². The van der Waals surface area contributed by atoms with Crippen molar-refractivity contribution in [3.8, 4) is 0 Å². The number of nitrogens with zero attached hydrogens (tertiary/aromatic N) is 2. The second-order valence-corrected chi connectivity index (χ2v) is 6.27. The molecule has 0 aromatic heterocycles. The molecule has 0 spiro atoms. The number of benzene rings is 1. The topological polar surface area (TPSA) is 52.7 Å². The molecular weight excluding hydrogens is 290 g/mol. The van der Waals surface area contributed by atoms with Crippen LogP contribution >= 0.6 is 0 Å². The Kier molecular flexibility index (Phi) is 6.16. The van der Waals surface area contributed by atoms with Crippen LogP contribution in [0.3, 0.4) is 0 Å². The molecule has 5 nitrogen and oxygen atoms in total. The summed E-state index contributed by atoms with van der Waals surface area (Å²) >= 11 is 0.